The normalized spacial score (nSPS) is 10.6. The third-order valence-corrected chi connectivity index (χ3v) is 3.51. The Morgan fingerprint density at radius 2 is 2.04 bits per heavy atom. The summed E-state index contributed by atoms with van der Waals surface area (Å²) >= 11 is 0. The summed E-state index contributed by atoms with van der Waals surface area (Å²) < 4.78 is 23.6. The third kappa shape index (κ3) is 2.96. The van der Waals surface area contributed by atoms with E-state index >= 15 is 0 Å². The number of aromatic amines is 1. The fourth-order valence-electron chi connectivity index (χ4n) is 2.29. The lowest BCUT2D eigenvalue weighted by Crippen LogP contribution is -2.08. The molecular weight excluding hydrogens is 315 g/mol. The van der Waals surface area contributed by atoms with Crippen LogP contribution in [0.15, 0.2) is 42.7 Å². The number of fused-ring (bicyclic) bond motifs is 1. The summed E-state index contributed by atoms with van der Waals surface area (Å²) in [7, 11) is 1.23. The summed E-state index contributed by atoms with van der Waals surface area (Å²) in [6.45, 7) is -0.302. The number of hydrogen-bond donors (Lipinski definition) is 1. The van der Waals surface area contributed by atoms with E-state index in [4.69, 9.17) is 4.74 Å². The van der Waals surface area contributed by atoms with Crippen molar-refractivity contribution in [1.82, 2.24) is 9.97 Å². The Labute approximate surface area is 136 Å². The van der Waals surface area contributed by atoms with Crippen molar-refractivity contribution in [2.75, 3.05) is 7.11 Å². The lowest BCUT2D eigenvalue weighted by Gasteiger charge is -2.08. The fourth-order valence-corrected chi connectivity index (χ4v) is 2.29. The SMILES string of the molecule is COC(=O)c1ccc(F)c(COC(=O)c2ccnc3[nH]ccc23)c1. The van der Waals surface area contributed by atoms with Crippen LogP contribution in [-0.4, -0.2) is 29.0 Å². The Balaban J connectivity index is 1.79. The molecule has 0 aliphatic carbocycles. The average Bonchev–Trinajstić information content (AvgIpc) is 3.08. The Bertz CT molecular complexity index is 920. The molecule has 0 aliphatic rings. The molecule has 0 atom stereocenters. The van der Waals surface area contributed by atoms with Crippen molar-refractivity contribution >= 4 is 23.0 Å². The van der Waals surface area contributed by atoms with Crippen LogP contribution in [0, 0.1) is 5.82 Å². The minimum absolute atomic E-state index is 0.0885. The number of esters is 2. The van der Waals surface area contributed by atoms with Gasteiger partial charge in [0.2, 0.25) is 0 Å². The molecule has 6 nitrogen and oxygen atoms in total. The molecule has 0 radical (unpaired) electrons. The van der Waals surface area contributed by atoms with Crippen LogP contribution in [0.25, 0.3) is 11.0 Å². The van der Waals surface area contributed by atoms with Gasteiger partial charge < -0.3 is 14.5 Å². The summed E-state index contributed by atoms with van der Waals surface area (Å²) in [4.78, 5) is 30.7. The number of carbonyl (C=O) groups is 2. The quantitative estimate of drug-likeness (QED) is 0.745. The summed E-state index contributed by atoms with van der Waals surface area (Å²) in [6, 6.07) is 6.97. The van der Waals surface area contributed by atoms with Gasteiger partial charge in [-0.15, -0.1) is 0 Å². The van der Waals surface area contributed by atoms with E-state index in [1.54, 1.807) is 12.3 Å². The zero-order valence-corrected chi connectivity index (χ0v) is 12.7. The number of aromatic nitrogens is 2. The molecule has 0 saturated heterocycles. The van der Waals surface area contributed by atoms with Gasteiger partial charge in [-0.2, -0.15) is 0 Å². The van der Waals surface area contributed by atoms with Gasteiger partial charge in [-0.3, -0.25) is 0 Å². The molecule has 0 spiro atoms. The summed E-state index contributed by atoms with van der Waals surface area (Å²) in [5.41, 5.74) is 1.15. The molecule has 122 valence electrons. The first-order valence-electron chi connectivity index (χ1n) is 7.06. The average molecular weight is 328 g/mol. The van der Waals surface area contributed by atoms with Gasteiger partial charge in [-0.1, -0.05) is 0 Å². The highest BCUT2D eigenvalue weighted by Gasteiger charge is 2.15. The highest BCUT2D eigenvalue weighted by Crippen LogP contribution is 2.18. The first-order valence-corrected chi connectivity index (χ1v) is 7.06. The number of benzene rings is 1. The van der Waals surface area contributed by atoms with Crippen molar-refractivity contribution in [3.05, 3.63) is 65.2 Å². The van der Waals surface area contributed by atoms with Crippen molar-refractivity contribution in [3.8, 4) is 0 Å². The molecule has 1 N–H and O–H groups in total. The predicted octanol–water partition coefficient (Wildman–Crippen LogP) is 2.85. The van der Waals surface area contributed by atoms with E-state index in [2.05, 4.69) is 14.7 Å². The topological polar surface area (TPSA) is 81.3 Å². The van der Waals surface area contributed by atoms with E-state index in [-0.39, 0.29) is 17.7 Å². The summed E-state index contributed by atoms with van der Waals surface area (Å²) in [5.74, 6) is -1.77. The smallest absolute Gasteiger partial charge is 0.339 e. The Morgan fingerprint density at radius 3 is 2.83 bits per heavy atom. The van der Waals surface area contributed by atoms with Gasteiger partial charge >= 0.3 is 11.9 Å². The molecule has 0 unspecified atom stereocenters. The van der Waals surface area contributed by atoms with E-state index in [1.807, 2.05) is 0 Å². The van der Waals surface area contributed by atoms with Crippen molar-refractivity contribution in [2.24, 2.45) is 0 Å². The lowest BCUT2D eigenvalue weighted by molar-refractivity contribution is 0.0471. The number of methoxy groups -OCH3 is 1. The number of halogens is 1. The molecule has 2 aromatic heterocycles. The molecule has 3 rings (SSSR count). The van der Waals surface area contributed by atoms with Crippen LogP contribution in [-0.2, 0) is 16.1 Å². The number of H-pyrrole nitrogens is 1. The van der Waals surface area contributed by atoms with Gasteiger partial charge in [-0.05, 0) is 30.3 Å². The van der Waals surface area contributed by atoms with Gasteiger partial charge in [0.05, 0.1) is 18.2 Å². The van der Waals surface area contributed by atoms with E-state index in [0.717, 1.165) is 6.07 Å². The van der Waals surface area contributed by atoms with E-state index in [1.165, 1.54) is 31.5 Å². The first kappa shape index (κ1) is 15.7. The van der Waals surface area contributed by atoms with Crippen molar-refractivity contribution in [1.29, 1.82) is 0 Å². The van der Waals surface area contributed by atoms with Crippen molar-refractivity contribution < 1.29 is 23.5 Å². The van der Waals surface area contributed by atoms with E-state index < -0.39 is 17.8 Å². The minimum atomic E-state index is -0.607. The van der Waals surface area contributed by atoms with Crippen molar-refractivity contribution in [2.45, 2.75) is 6.61 Å². The van der Waals surface area contributed by atoms with Crippen LogP contribution in [0.2, 0.25) is 0 Å². The Morgan fingerprint density at radius 1 is 1.21 bits per heavy atom. The molecular formula is C17H13FN2O4. The zero-order chi connectivity index (χ0) is 17.1. The van der Waals surface area contributed by atoms with Gasteiger partial charge in [0.1, 0.15) is 18.1 Å². The first-order chi connectivity index (χ1) is 11.6. The maximum Gasteiger partial charge on any atom is 0.339 e. The maximum absolute atomic E-state index is 13.8. The zero-order valence-electron chi connectivity index (χ0n) is 12.7. The molecule has 2 heterocycles. The highest BCUT2D eigenvalue weighted by molar-refractivity contribution is 6.02. The Hall–Kier alpha value is -3.22. The predicted molar refractivity (Wildman–Crippen MR) is 83.0 cm³/mol. The van der Waals surface area contributed by atoms with Crippen LogP contribution in [0.1, 0.15) is 26.3 Å². The third-order valence-electron chi connectivity index (χ3n) is 3.51. The number of nitrogens with zero attached hydrogens (tertiary/aromatic N) is 1. The second-order valence-corrected chi connectivity index (χ2v) is 4.97. The van der Waals surface area contributed by atoms with Crippen LogP contribution >= 0.6 is 0 Å². The largest absolute Gasteiger partial charge is 0.465 e. The number of hydrogen-bond acceptors (Lipinski definition) is 5. The molecule has 24 heavy (non-hydrogen) atoms. The molecule has 3 aromatic rings. The number of carbonyl (C=O) groups excluding carboxylic acids is 2. The molecule has 0 saturated carbocycles. The second-order valence-electron chi connectivity index (χ2n) is 4.97. The Kier molecular flexibility index (Phi) is 4.24. The van der Waals surface area contributed by atoms with Crippen molar-refractivity contribution in [3.63, 3.8) is 0 Å². The van der Waals surface area contributed by atoms with Gasteiger partial charge in [0.15, 0.2) is 0 Å². The standard InChI is InChI=1S/C17H13FN2O4/c1-23-16(21)10-2-3-14(18)11(8-10)9-24-17(22)13-5-7-20-15-12(13)4-6-19-15/h2-8H,9H2,1H3,(H,19,20). The summed E-state index contributed by atoms with van der Waals surface area (Å²) in [6.07, 6.45) is 3.14. The molecule has 0 aliphatic heterocycles. The molecule has 0 bridgehead atoms. The number of nitrogens with one attached hydrogen (secondary N) is 1. The minimum Gasteiger partial charge on any atom is -0.465 e. The number of pyridine rings is 1. The van der Waals surface area contributed by atoms with E-state index in [9.17, 15) is 14.0 Å². The maximum atomic E-state index is 13.8. The second kappa shape index (κ2) is 6.49. The number of rotatable bonds is 4. The molecule has 7 heteroatoms. The van der Waals surface area contributed by atoms with Crippen LogP contribution in [0.3, 0.4) is 0 Å². The fraction of sp³-hybridized carbons (Fsp3) is 0.118. The van der Waals surface area contributed by atoms with Crippen LogP contribution in [0.5, 0.6) is 0 Å². The van der Waals surface area contributed by atoms with Gasteiger partial charge in [0, 0.05) is 23.3 Å². The van der Waals surface area contributed by atoms with Crippen LogP contribution < -0.4 is 0 Å². The summed E-state index contributed by atoms with van der Waals surface area (Å²) in [5, 5.41) is 0.617. The molecule has 1 aromatic carbocycles. The van der Waals surface area contributed by atoms with Gasteiger partial charge in [0.25, 0.3) is 0 Å². The van der Waals surface area contributed by atoms with Crippen LogP contribution in [0.4, 0.5) is 4.39 Å². The number of ether oxygens (including phenoxy) is 2. The lowest BCUT2D eigenvalue weighted by atomic mass is 10.1. The highest BCUT2D eigenvalue weighted by atomic mass is 19.1. The molecule has 0 fully saturated rings. The van der Waals surface area contributed by atoms with Gasteiger partial charge in [-0.25, -0.2) is 19.0 Å². The van der Waals surface area contributed by atoms with E-state index in [0.29, 0.717) is 16.6 Å². The monoisotopic (exact) mass is 328 g/mol. The molecule has 0 amide bonds.